The van der Waals surface area contributed by atoms with Crippen LogP contribution in [0.3, 0.4) is 0 Å². The summed E-state index contributed by atoms with van der Waals surface area (Å²) in [6.45, 7) is 0.416. The Balaban J connectivity index is 1.64. The Labute approximate surface area is 180 Å². The van der Waals surface area contributed by atoms with E-state index < -0.39 is 10.8 Å². The predicted molar refractivity (Wildman–Crippen MR) is 115 cm³/mol. The highest BCUT2D eigenvalue weighted by Gasteiger charge is 2.35. The van der Waals surface area contributed by atoms with Crippen LogP contribution in [0.15, 0.2) is 78.9 Å². The monoisotopic (exact) mass is 429 g/mol. The van der Waals surface area contributed by atoms with Gasteiger partial charge in [-0.15, -0.1) is 11.6 Å². The number of amides is 1. The second-order valence-corrected chi connectivity index (χ2v) is 7.89. The molecule has 2 aromatic rings. The lowest BCUT2D eigenvalue weighted by atomic mass is 9.98. The Morgan fingerprint density at radius 3 is 2.45 bits per heavy atom. The minimum Gasteiger partial charge on any atom is -0.463 e. The third-order valence-electron chi connectivity index (χ3n) is 4.66. The van der Waals surface area contributed by atoms with Gasteiger partial charge in [-0.1, -0.05) is 66.2 Å². The van der Waals surface area contributed by atoms with Gasteiger partial charge in [-0.25, -0.2) is 4.79 Å². The van der Waals surface area contributed by atoms with Crippen LogP contribution in [0.4, 0.5) is 0 Å². The highest BCUT2D eigenvalue weighted by molar-refractivity contribution is 6.35. The van der Waals surface area contributed by atoms with Crippen molar-refractivity contribution in [2.75, 3.05) is 13.2 Å². The van der Waals surface area contributed by atoms with Crippen LogP contribution in [0.1, 0.15) is 28.3 Å². The number of ether oxygens (including phenoxy) is 1. The summed E-state index contributed by atoms with van der Waals surface area (Å²) in [6.07, 6.45) is 7.42. The summed E-state index contributed by atoms with van der Waals surface area (Å²) in [5.41, 5.74) is 1.47. The number of nitrogens with one attached hydrogen (secondary N) is 1. The second kappa shape index (κ2) is 9.77. The van der Waals surface area contributed by atoms with Gasteiger partial charge in [0, 0.05) is 23.0 Å². The van der Waals surface area contributed by atoms with Gasteiger partial charge < -0.3 is 10.1 Å². The molecule has 0 aliphatic heterocycles. The number of halogens is 2. The topological polar surface area (TPSA) is 55.4 Å². The van der Waals surface area contributed by atoms with Gasteiger partial charge in [0.25, 0.3) is 5.91 Å². The van der Waals surface area contributed by atoms with Gasteiger partial charge in [0.1, 0.15) is 0 Å². The summed E-state index contributed by atoms with van der Waals surface area (Å²) < 4.78 is 5.53. The number of esters is 1. The van der Waals surface area contributed by atoms with Crippen LogP contribution in [0, 0.1) is 0 Å². The van der Waals surface area contributed by atoms with Gasteiger partial charge in [-0.05, 0) is 36.2 Å². The molecule has 6 heteroatoms. The van der Waals surface area contributed by atoms with Crippen LogP contribution in [-0.2, 0) is 9.53 Å². The minimum absolute atomic E-state index is 0.107. The van der Waals surface area contributed by atoms with E-state index in [4.69, 9.17) is 27.9 Å². The summed E-state index contributed by atoms with van der Waals surface area (Å²) in [6, 6.07) is 16.2. The first kappa shape index (κ1) is 21.2. The van der Waals surface area contributed by atoms with Crippen molar-refractivity contribution in [3.8, 4) is 0 Å². The first-order valence-electron chi connectivity index (χ1n) is 9.27. The molecule has 3 rings (SSSR count). The lowest BCUT2D eigenvalue weighted by molar-refractivity contribution is -0.146. The molecule has 0 heterocycles. The lowest BCUT2D eigenvalue weighted by Gasteiger charge is -2.24. The predicted octanol–water partition coefficient (Wildman–Crippen LogP) is 4.89. The average molecular weight is 430 g/mol. The standard InChI is InChI=1S/C23H21Cl2NO3/c24-20-11-9-18(10-12-20)21(27)26-15-19(17-7-3-1-4-8-17)16-29-22(28)23(25)13-5-2-6-14-23/h1-13,19H,14-16H2,(H,26,27). The van der Waals surface area contributed by atoms with Gasteiger partial charge in [0.15, 0.2) is 4.87 Å². The van der Waals surface area contributed by atoms with Gasteiger partial charge in [0.05, 0.1) is 6.61 Å². The van der Waals surface area contributed by atoms with Crippen molar-refractivity contribution in [3.05, 3.63) is 95.1 Å². The van der Waals surface area contributed by atoms with Crippen molar-refractivity contribution in [1.29, 1.82) is 0 Å². The average Bonchev–Trinajstić information content (AvgIpc) is 2.75. The molecular formula is C23H21Cl2NO3. The maximum absolute atomic E-state index is 12.5. The summed E-state index contributed by atoms with van der Waals surface area (Å²) >= 11 is 12.3. The normalized spacial score (nSPS) is 18.8. The zero-order chi connectivity index (χ0) is 20.7. The summed E-state index contributed by atoms with van der Waals surface area (Å²) in [5.74, 6) is -0.924. The third-order valence-corrected chi connectivity index (χ3v) is 5.35. The lowest BCUT2D eigenvalue weighted by Crippen LogP contribution is -2.35. The molecular weight excluding hydrogens is 409 g/mol. The van der Waals surface area contributed by atoms with E-state index in [-0.39, 0.29) is 18.4 Å². The molecule has 0 bridgehead atoms. The number of hydrogen-bond donors (Lipinski definition) is 1. The Hall–Kier alpha value is -2.56. The third kappa shape index (κ3) is 5.72. The minimum atomic E-state index is -1.18. The largest absolute Gasteiger partial charge is 0.463 e. The van der Waals surface area contributed by atoms with Crippen molar-refractivity contribution < 1.29 is 14.3 Å². The van der Waals surface area contributed by atoms with Crippen molar-refractivity contribution >= 4 is 35.1 Å². The molecule has 0 fully saturated rings. The number of rotatable bonds is 7. The molecule has 2 unspecified atom stereocenters. The fourth-order valence-corrected chi connectivity index (χ4v) is 3.30. The van der Waals surface area contributed by atoms with E-state index in [2.05, 4.69) is 5.32 Å². The van der Waals surface area contributed by atoms with Gasteiger partial charge in [0.2, 0.25) is 0 Å². The van der Waals surface area contributed by atoms with Crippen LogP contribution in [0.2, 0.25) is 5.02 Å². The smallest absolute Gasteiger partial charge is 0.331 e. The molecule has 0 spiro atoms. The number of carbonyl (C=O) groups is 2. The van der Waals surface area contributed by atoms with Crippen molar-refractivity contribution in [3.63, 3.8) is 0 Å². The molecule has 0 saturated heterocycles. The van der Waals surface area contributed by atoms with E-state index >= 15 is 0 Å². The number of carbonyl (C=O) groups excluding carboxylic acids is 2. The molecule has 150 valence electrons. The summed E-state index contributed by atoms with van der Waals surface area (Å²) in [4.78, 5) is 23.8. The fourth-order valence-electron chi connectivity index (χ4n) is 2.96. The van der Waals surface area contributed by atoms with Crippen LogP contribution in [-0.4, -0.2) is 29.9 Å². The second-order valence-electron chi connectivity index (χ2n) is 6.78. The van der Waals surface area contributed by atoms with E-state index in [0.29, 0.717) is 23.6 Å². The van der Waals surface area contributed by atoms with Gasteiger partial charge in [-0.3, -0.25) is 4.79 Å². The van der Waals surface area contributed by atoms with Crippen LogP contribution in [0.5, 0.6) is 0 Å². The molecule has 1 amide bonds. The maximum Gasteiger partial charge on any atom is 0.331 e. The number of allylic oxidation sites excluding steroid dienone is 3. The first-order valence-corrected chi connectivity index (χ1v) is 10.0. The van der Waals surface area contributed by atoms with Crippen LogP contribution >= 0.6 is 23.2 Å². The van der Waals surface area contributed by atoms with Crippen molar-refractivity contribution in [2.24, 2.45) is 0 Å². The molecule has 29 heavy (non-hydrogen) atoms. The number of benzene rings is 2. The molecule has 4 nitrogen and oxygen atoms in total. The van der Waals surface area contributed by atoms with E-state index in [0.717, 1.165) is 5.56 Å². The Kier molecular flexibility index (Phi) is 7.13. The fraction of sp³-hybridized carbons (Fsp3) is 0.217. The first-order chi connectivity index (χ1) is 14.0. The molecule has 0 radical (unpaired) electrons. The number of alkyl halides is 1. The summed E-state index contributed by atoms with van der Waals surface area (Å²) in [5, 5.41) is 3.47. The highest BCUT2D eigenvalue weighted by atomic mass is 35.5. The quantitative estimate of drug-likeness (QED) is 0.503. The summed E-state index contributed by atoms with van der Waals surface area (Å²) in [7, 11) is 0. The van der Waals surface area contributed by atoms with E-state index in [1.807, 2.05) is 42.5 Å². The Morgan fingerprint density at radius 1 is 1.07 bits per heavy atom. The molecule has 1 aliphatic carbocycles. The number of hydrogen-bond acceptors (Lipinski definition) is 3. The molecule has 0 saturated carbocycles. The molecule has 2 atom stereocenters. The molecule has 2 aromatic carbocycles. The van der Waals surface area contributed by atoms with Crippen molar-refractivity contribution in [2.45, 2.75) is 17.2 Å². The Bertz CT molecular complexity index is 909. The highest BCUT2D eigenvalue weighted by Crippen LogP contribution is 2.28. The van der Waals surface area contributed by atoms with Gasteiger partial charge in [-0.2, -0.15) is 0 Å². The van der Waals surface area contributed by atoms with Gasteiger partial charge >= 0.3 is 5.97 Å². The van der Waals surface area contributed by atoms with Crippen LogP contribution < -0.4 is 5.32 Å². The van der Waals surface area contributed by atoms with E-state index in [1.165, 1.54) is 0 Å². The zero-order valence-electron chi connectivity index (χ0n) is 15.7. The maximum atomic E-state index is 12.5. The van der Waals surface area contributed by atoms with E-state index in [1.54, 1.807) is 36.4 Å². The Morgan fingerprint density at radius 2 is 1.79 bits per heavy atom. The SMILES string of the molecule is O=C(NCC(COC(=O)C1(Cl)C=CC=CC1)c1ccccc1)c1ccc(Cl)cc1. The zero-order valence-corrected chi connectivity index (χ0v) is 17.2. The van der Waals surface area contributed by atoms with E-state index in [9.17, 15) is 9.59 Å². The van der Waals surface area contributed by atoms with Crippen LogP contribution in [0.25, 0.3) is 0 Å². The molecule has 1 aliphatic rings. The molecule has 0 aromatic heterocycles. The van der Waals surface area contributed by atoms with Crippen molar-refractivity contribution in [1.82, 2.24) is 5.32 Å². The molecule has 1 N–H and O–H groups in total.